The molecule has 0 fully saturated rings. The van der Waals surface area contributed by atoms with Gasteiger partial charge in [0, 0.05) is 18.2 Å². The molecule has 1 aliphatic heterocycles. The van der Waals surface area contributed by atoms with E-state index in [9.17, 15) is 0 Å². The van der Waals surface area contributed by atoms with Crippen LogP contribution in [0.1, 0.15) is 20.3 Å². The van der Waals surface area contributed by atoms with E-state index in [1.54, 1.807) is 6.20 Å². The molecule has 0 aromatic rings. The van der Waals surface area contributed by atoms with Gasteiger partial charge in [0.1, 0.15) is 5.84 Å². The quantitative estimate of drug-likeness (QED) is 0.509. The molecule has 1 atom stereocenters. The van der Waals surface area contributed by atoms with Gasteiger partial charge < -0.3 is 11.5 Å². The average molecular weight is 139 g/mol. The number of rotatable bonds is 0. The highest BCUT2D eigenvalue weighted by Gasteiger charge is 2.24. The monoisotopic (exact) mass is 139 g/mol. The SMILES string of the molecule is CC1=CN=C(N)CC1(C)N. The molecule has 0 amide bonds. The van der Waals surface area contributed by atoms with Gasteiger partial charge >= 0.3 is 0 Å². The molecule has 1 heterocycles. The summed E-state index contributed by atoms with van der Waals surface area (Å²) in [5.41, 5.74) is 12.2. The normalized spacial score (nSPS) is 33.1. The Morgan fingerprint density at radius 1 is 1.70 bits per heavy atom. The van der Waals surface area contributed by atoms with Gasteiger partial charge in [-0.05, 0) is 19.4 Å². The van der Waals surface area contributed by atoms with E-state index < -0.39 is 0 Å². The lowest BCUT2D eigenvalue weighted by Crippen LogP contribution is -2.43. The van der Waals surface area contributed by atoms with E-state index >= 15 is 0 Å². The molecule has 3 heteroatoms. The van der Waals surface area contributed by atoms with Gasteiger partial charge in [-0.15, -0.1) is 0 Å². The summed E-state index contributed by atoms with van der Waals surface area (Å²) < 4.78 is 0. The van der Waals surface area contributed by atoms with Crippen LogP contribution in [0.5, 0.6) is 0 Å². The first kappa shape index (κ1) is 7.28. The van der Waals surface area contributed by atoms with Gasteiger partial charge in [0.05, 0.1) is 0 Å². The smallest absolute Gasteiger partial charge is 0.101 e. The van der Waals surface area contributed by atoms with Gasteiger partial charge in [-0.1, -0.05) is 0 Å². The Kier molecular flexibility index (Phi) is 1.52. The molecule has 0 radical (unpaired) electrons. The van der Waals surface area contributed by atoms with Crippen LogP contribution in [0.3, 0.4) is 0 Å². The highest BCUT2D eigenvalue weighted by Crippen LogP contribution is 2.20. The summed E-state index contributed by atoms with van der Waals surface area (Å²) in [5.74, 6) is 0.621. The Bertz CT molecular complexity index is 201. The van der Waals surface area contributed by atoms with Crippen molar-refractivity contribution in [2.45, 2.75) is 25.8 Å². The molecule has 56 valence electrons. The van der Waals surface area contributed by atoms with E-state index in [-0.39, 0.29) is 5.54 Å². The van der Waals surface area contributed by atoms with Crippen molar-refractivity contribution in [2.24, 2.45) is 16.5 Å². The van der Waals surface area contributed by atoms with Crippen molar-refractivity contribution >= 4 is 5.84 Å². The van der Waals surface area contributed by atoms with E-state index in [4.69, 9.17) is 11.5 Å². The summed E-state index contributed by atoms with van der Waals surface area (Å²) in [4.78, 5) is 3.96. The number of nitrogens with zero attached hydrogens (tertiary/aromatic N) is 1. The predicted molar refractivity (Wildman–Crippen MR) is 42.6 cm³/mol. The molecule has 0 saturated carbocycles. The minimum atomic E-state index is -0.286. The molecule has 1 rings (SSSR count). The van der Waals surface area contributed by atoms with Crippen LogP contribution in [0, 0.1) is 0 Å². The number of amidine groups is 1. The van der Waals surface area contributed by atoms with Crippen LogP contribution in [-0.2, 0) is 0 Å². The van der Waals surface area contributed by atoms with Crippen molar-refractivity contribution in [2.75, 3.05) is 0 Å². The van der Waals surface area contributed by atoms with E-state index in [1.807, 2.05) is 13.8 Å². The zero-order valence-electron chi connectivity index (χ0n) is 6.39. The first-order valence-electron chi connectivity index (χ1n) is 3.30. The fourth-order valence-corrected chi connectivity index (χ4v) is 0.889. The lowest BCUT2D eigenvalue weighted by molar-refractivity contribution is 0.562. The summed E-state index contributed by atoms with van der Waals surface area (Å²) in [6, 6.07) is 0. The molecule has 0 bridgehead atoms. The molecule has 0 aromatic carbocycles. The lowest BCUT2D eigenvalue weighted by Gasteiger charge is -2.27. The second kappa shape index (κ2) is 2.09. The fraction of sp³-hybridized carbons (Fsp3) is 0.571. The molecule has 0 aromatic heterocycles. The van der Waals surface area contributed by atoms with Crippen LogP contribution < -0.4 is 11.5 Å². The van der Waals surface area contributed by atoms with E-state index in [1.165, 1.54) is 0 Å². The number of aliphatic imine (C=N–C) groups is 1. The summed E-state index contributed by atoms with van der Waals surface area (Å²) in [7, 11) is 0. The zero-order chi connectivity index (χ0) is 7.78. The van der Waals surface area contributed by atoms with Crippen LogP contribution >= 0.6 is 0 Å². The molecule has 10 heavy (non-hydrogen) atoms. The summed E-state index contributed by atoms with van der Waals surface area (Å²) in [6.07, 6.45) is 2.40. The summed E-state index contributed by atoms with van der Waals surface area (Å²) in [6.45, 7) is 3.93. The molecule has 4 N–H and O–H groups in total. The van der Waals surface area contributed by atoms with Crippen LogP contribution in [-0.4, -0.2) is 11.4 Å². The van der Waals surface area contributed by atoms with Crippen LogP contribution in [0.4, 0.5) is 0 Å². The molecular weight excluding hydrogens is 126 g/mol. The van der Waals surface area contributed by atoms with Crippen molar-refractivity contribution in [1.82, 2.24) is 0 Å². The third-order valence-electron chi connectivity index (χ3n) is 1.87. The molecule has 0 saturated heterocycles. The lowest BCUT2D eigenvalue weighted by atomic mass is 9.89. The Morgan fingerprint density at radius 3 is 2.70 bits per heavy atom. The fourth-order valence-electron chi connectivity index (χ4n) is 0.889. The Balaban J connectivity index is 2.89. The molecule has 0 spiro atoms. The average Bonchev–Trinajstić information content (AvgIpc) is 1.78. The minimum absolute atomic E-state index is 0.286. The third kappa shape index (κ3) is 1.19. The van der Waals surface area contributed by atoms with E-state index in [2.05, 4.69) is 4.99 Å². The van der Waals surface area contributed by atoms with Crippen molar-refractivity contribution in [3.05, 3.63) is 11.8 Å². The Hall–Kier alpha value is -0.830. The van der Waals surface area contributed by atoms with Crippen LogP contribution in [0.25, 0.3) is 0 Å². The number of hydrogen-bond donors (Lipinski definition) is 2. The molecule has 1 unspecified atom stereocenters. The van der Waals surface area contributed by atoms with Crippen molar-refractivity contribution < 1.29 is 0 Å². The highest BCUT2D eigenvalue weighted by molar-refractivity contribution is 5.83. The highest BCUT2D eigenvalue weighted by atomic mass is 14.9. The van der Waals surface area contributed by atoms with Crippen molar-refractivity contribution in [3.63, 3.8) is 0 Å². The Morgan fingerprint density at radius 2 is 2.30 bits per heavy atom. The largest absolute Gasteiger partial charge is 0.387 e. The second-order valence-corrected chi connectivity index (χ2v) is 3.03. The predicted octanol–water partition coefficient (Wildman–Crippen LogP) is 0.368. The van der Waals surface area contributed by atoms with Gasteiger partial charge in [-0.2, -0.15) is 0 Å². The third-order valence-corrected chi connectivity index (χ3v) is 1.87. The van der Waals surface area contributed by atoms with Gasteiger partial charge in [-0.3, -0.25) is 0 Å². The van der Waals surface area contributed by atoms with Crippen molar-refractivity contribution in [1.29, 1.82) is 0 Å². The van der Waals surface area contributed by atoms with Gasteiger partial charge in [0.15, 0.2) is 0 Å². The maximum Gasteiger partial charge on any atom is 0.101 e. The molecule has 3 nitrogen and oxygen atoms in total. The van der Waals surface area contributed by atoms with E-state index in [0.717, 1.165) is 5.57 Å². The summed E-state index contributed by atoms with van der Waals surface area (Å²) in [5, 5.41) is 0. The van der Waals surface area contributed by atoms with Gasteiger partial charge in [0.25, 0.3) is 0 Å². The second-order valence-electron chi connectivity index (χ2n) is 3.03. The van der Waals surface area contributed by atoms with Crippen LogP contribution in [0.2, 0.25) is 0 Å². The maximum absolute atomic E-state index is 5.88. The van der Waals surface area contributed by atoms with E-state index in [0.29, 0.717) is 12.3 Å². The minimum Gasteiger partial charge on any atom is -0.387 e. The van der Waals surface area contributed by atoms with Crippen molar-refractivity contribution in [3.8, 4) is 0 Å². The maximum atomic E-state index is 5.88. The molecule has 0 aliphatic carbocycles. The molecule has 1 aliphatic rings. The first-order valence-corrected chi connectivity index (χ1v) is 3.30. The van der Waals surface area contributed by atoms with Crippen LogP contribution in [0.15, 0.2) is 16.8 Å². The topological polar surface area (TPSA) is 64.4 Å². The first-order chi connectivity index (χ1) is 4.52. The Labute approximate surface area is 60.8 Å². The number of nitrogens with two attached hydrogens (primary N) is 2. The molecular formula is C7H13N3. The zero-order valence-corrected chi connectivity index (χ0v) is 6.39. The van der Waals surface area contributed by atoms with Gasteiger partial charge in [0.2, 0.25) is 0 Å². The summed E-state index contributed by atoms with van der Waals surface area (Å²) >= 11 is 0. The number of hydrogen-bond acceptors (Lipinski definition) is 3. The van der Waals surface area contributed by atoms with Gasteiger partial charge in [-0.25, -0.2) is 4.99 Å². The standard InChI is InChI=1S/C7H13N3/c1-5-4-10-6(8)3-7(5,2)9/h4H,3,9H2,1-2H3,(H2,8,10).